The van der Waals surface area contributed by atoms with E-state index >= 15 is 0 Å². The smallest absolute Gasteiger partial charge is 0.229 e. The van der Waals surface area contributed by atoms with E-state index in [-0.39, 0.29) is 11.8 Å². The predicted octanol–water partition coefficient (Wildman–Crippen LogP) is 3.47. The average molecular weight is 406 g/mol. The summed E-state index contributed by atoms with van der Waals surface area (Å²) < 4.78 is 7.17. The second-order valence-electron chi connectivity index (χ2n) is 8.18. The summed E-state index contributed by atoms with van der Waals surface area (Å²) in [6.07, 6.45) is 10.1. The van der Waals surface area contributed by atoms with Crippen molar-refractivity contribution in [2.45, 2.75) is 38.5 Å². The number of nitrogens with one attached hydrogen (secondary N) is 1. The van der Waals surface area contributed by atoms with Gasteiger partial charge in [-0.1, -0.05) is 0 Å². The molecule has 1 aliphatic heterocycles. The van der Waals surface area contributed by atoms with Crippen LogP contribution < -0.4 is 15.0 Å². The fourth-order valence-corrected chi connectivity index (χ4v) is 4.68. The Balaban J connectivity index is 1.36. The first-order valence-corrected chi connectivity index (χ1v) is 10.8. The number of aromatic nitrogens is 3. The number of ether oxygens (including phenoxy) is 1. The lowest BCUT2D eigenvalue weighted by Crippen LogP contribution is -2.41. The van der Waals surface area contributed by atoms with E-state index in [9.17, 15) is 4.79 Å². The molecule has 1 N–H and O–H groups in total. The third-order valence-corrected chi connectivity index (χ3v) is 6.25. The van der Waals surface area contributed by atoms with Crippen LogP contribution in [0.4, 0.5) is 11.5 Å². The maximum atomic E-state index is 12.9. The lowest BCUT2D eigenvalue weighted by Gasteiger charge is -2.33. The van der Waals surface area contributed by atoms with Gasteiger partial charge in [0.05, 0.1) is 18.7 Å². The van der Waals surface area contributed by atoms with Gasteiger partial charge in [-0.05, 0) is 62.8 Å². The molecule has 2 aromatic heterocycles. The van der Waals surface area contributed by atoms with E-state index in [0.29, 0.717) is 6.54 Å². The first-order chi connectivity index (χ1) is 14.7. The summed E-state index contributed by atoms with van der Waals surface area (Å²) in [4.78, 5) is 19.9. The minimum absolute atomic E-state index is 0.0624. The van der Waals surface area contributed by atoms with E-state index in [0.717, 1.165) is 55.0 Å². The Labute approximate surface area is 176 Å². The molecule has 156 valence electrons. The second-order valence-corrected chi connectivity index (χ2v) is 8.18. The fraction of sp³-hybridized carbons (Fsp3) is 0.435. The number of benzene rings is 1. The van der Waals surface area contributed by atoms with E-state index in [4.69, 9.17) is 14.8 Å². The molecule has 5 rings (SSSR count). The van der Waals surface area contributed by atoms with Gasteiger partial charge in [0.2, 0.25) is 5.91 Å². The monoisotopic (exact) mass is 405 g/mol. The number of hydrogen-bond acceptors (Lipinski definition) is 5. The number of hydrogen-bond donors (Lipinski definition) is 1. The van der Waals surface area contributed by atoms with Crippen molar-refractivity contribution >= 4 is 22.9 Å². The topological polar surface area (TPSA) is 71.8 Å². The Kier molecular flexibility index (Phi) is 5.02. The number of rotatable bonds is 4. The summed E-state index contributed by atoms with van der Waals surface area (Å²) in [5.41, 5.74) is 4.47. The molecule has 1 atom stereocenters. The molecule has 1 saturated heterocycles. The highest BCUT2D eigenvalue weighted by molar-refractivity contribution is 5.93. The van der Waals surface area contributed by atoms with Crippen molar-refractivity contribution in [1.29, 1.82) is 0 Å². The second kappa shape index (κ2) is 7.97. The zero-order valence-electron chi connectivity index (χ0n) is 17.3. The van der Waals surface area contributed by atoms with Gasteiger partial charge in [0, 0.05) is 36.7 Å². The molecule has 1 aromatic carbocycles. The number of carbonyl (C=O) groups is 1. The number of methoxy groups -OCH3 is 1. The van der Waals surface area contributed by atoms with Crippen LogP contribution in [0.5, 0.6) is 5.75 Å². The van der Waals surface area contributed by atoms with Crippen LogP contribution in [0, 0.1) is 5.92 Å². The molecule has 0 saturated carbocycles. The van der Waals surface area contributed by atoms with Crippen molar-refractivity contribution < 1.29 is 9.53 Å². The van der Waals surface area contributed by atoms with Crippen LogP contribution in [-0.2, 0) is 17.6 Å². The Morgan fingerprint density at radius 2 is 2.00 bits per heavy atom. The Bertz CT molecular complexity index is 1060. The number of aryl methyl sites for hydroxylation is 2. The summed E-state index contributed by atoms with van der Waals surface area (Å²) in [6.45, 7) is 1.59. The van der Waals surface area contributed by atoms with Crippen LogP contribution in [0.2, 0.25) is 0 Å². The molecular formula is C23H27N5O2. The highest BCUT2D eigenvalue weighted by atomic mass is 16.5. The van der Waals surface area contributed by atoms with Gasteiger partial charge in [0.15, 0.2) is 5.82 Å². The average Bonchev–Trinajstić information content (AvgIpc) is 3.18. The molecule has 0 spiro atoms. The van der Waals surface area contributed by atoms with Crippen LogP contribution in [0.15, 0.2) is 36.7 Å². The summed E-state index contributed by atoms with van der Waals surface area (Å²) in [5.74, 6) is 1.74. The molecule has 2 aliphatic rings. The van der Waals surface area contributed by atoms with Crippen molar-refractivity contribution in [1.82, 2.24) is 14.6 Å². The largest absolute Gasteiger partial charge is 0.497 e. The van der Waals surface area contributed by atoms with Crippen molar-refractivity contribution in [3.8, 4) is 5.75 Å². The first-order valence-electron chi connectivity index (χ1n) is 10.8. The predicted molar refractivity (Wildman–Crippen MR) is 116 cm³/mol. The number of amides is 1. The van der Waals surface area contributed by atoms with Gasteiger partial charge in [-0.15, -0.1) is 0 Å². The number of fused-ring (bicyclic) bond motifs is 3. The maximum Gasteiger partial charge on any atom is 0.229 e. The van der Waals surface area contributed by atoms with Crippen LogP contribution in [0.25, 0.3) is 5.52 Å². The SMILES string of the molecule is COc1ccc(NC(=O)[C@@H]2CCCN(c3nccn4nc5c(c34)CCCC5)C2)cc1. The maximum absolute atomic E-state index is 12.9. The third kappa shape index (κ3) is 3.49. The fourth-order valence-electron chi connectivity index (χ4n) is 4.68. The van der Waals surface area contributed by atoms with Gasteiger partial charge in [-0.3, -0.25) is 4.79 Å². The molecule has 0 unspecified atom stereocenters. The summed E-state index contributed by atoms with van der Waals surface area (Å²) in [6, 6.07) is 7.46. The van der Waals surface area contributed by atoms with Crippen LogP contribution in [0.1, 0.15) is 36.9 Å². The van der Waals surface area contributed by atoms with Crippen LogP contribution in [-0.4, -0.2) is 40.7 Å². The molecule has 0 radical (unpaired) electrons. The van der Waals surface area contributed by atoms with Crippen molar-refractivity contribution in [2.24, 2.45) is 5.92 Å². The Morgan fingerprint density at radius 3 is 2.83 bits per heavy atom. The summed E-state index contributed by atoms with van der Waals surface area (Å²) in [5, 5.41) is 7.85. The first kappa shape index (κ1) is 18.9. The van der Waals surface area contributed by atoms with Gasteiger partial charge in [-0.25, -0.2) is 9.50 Å². The minimum atomic E-state index is -0.0679. The van der Waals surface area contributed by atoms with Gasteiger partial charge < -0.3 is 15.0 Å². The van der Waals surface area contributed by atoms with Crippen LogP contribution >= 0.6 is 0 Å². The van der Waals surface area contributed by atoms with E-state index in [1.54, 1.807) is 7.11 Å². The zero-order chi connectivity index (χ0) is 20.5. The third-order valence-electron chi connectivity index (χ3n) is 6.25. The standard InChI is InChI=1S/C23H27N5O2/c1-30-18-10-8-17(9-11-18)25-23(29)16-5-4-13-27(15-16)22-21-19-6-2-3-7-20(19)26-28(21)14-12-24-22/h8-12,14,16H,2-7,13,15H2,1H3,(H,25,29)/t16-/m1/s1. The minimum Gasteiger partial charge on any atom is -0.497 e. The van der Waals surface area contributed by atoms with Gasteiger partial charge in [0.1, 0.15) is 11.3 Å². The number of nitrogens with zero attached hydrogens (tertiary/aromatic N) is 4. The molecule has 30 heavy (non-hydrogen) atoms. The molecule has 1 amide bonds. The van der Waals surface area contributed by atoms with E-state index in [1.165, 1.54) is 24.1 Å². The number of carbonyl (C=O) groups excluding carboxylic acids is 1. The lowest BCUT2D eigenvalue weighted by atomic mass is 9.95. The van der Waals surface area contributed by atoms with E-state index in [1.807, 2.05) is 41.2 Å². The van der Waals surface area contributed by atoms with Gasteiger partial charge >= 0.3 is 0 Å². The lowest BCUT2D eigenvalue weighted by molar-refractivity contribution is -0.120. The molecule has 3 heterocycles. The van der Waals surface area contributed by atoms with Crippen LogP contribution in [0.3, 0.4) is 0 Å². The molecule has 7 heteroatoms. The quantitative estimate of drug-likeness (QED) is 0.720. The van der Waals surface area contributed by atoms with Crippen molar-refractivity contribution in [2.75, 3.05) is 30.4 Å². The van der Waals surface area contributed by atoms with E-state index in [2.05, 4.69) is 10.2 Å². The Morgan fingerprint density at radius 1 is 1.17 bits per heavy atom. The highest BCUT2D eigenvalue weighted by Gasteiger charge is 2.29. The molecule has 3 aromatic rings. The van der Waals surface area contributed by atoms with Gasteiger partial charge in [0.25, 0.3) is 0 Å². The summed E-state index contributed by atoms with van der Waals surface area (Å²) in [7, 11) is 1.64. The molecule has 1 aliphatic carbocycles. The molecule has 1 fully saturated rings. The van der Waals surface area contributed by atoms with Crippen molar-refractivity contribution in [3.63, 3.8) is 0 Å². The number of anilines is 2. The highest BCUT2D eigenvalue weighted by Crippen LogP contribution is 2.32. The van der Waals surface area contributed by atoms with Crippen molar-refractivity contribution in [3.05, 3.63) is 47.9 Å². The van der Waals surface area contributed by atoms with Gasteiger partial charge in [-0.2, -0.15) is 5.10 Å². The number of piperidine rings is 1. The Hall–Kier alpha value is -3.09. The molecule has 7 nitrogen and oxygen atoms in total. The molecular weight excluding hydrogens is 378 g/mol. The summed E-state index contributed by atoms with van der Waals surface area (Å²) >= 11 is 0. The van der Waals surface area contributed by atoms with E-state index < -0.39 is 0 Å². The molecule has 0 bridgehead atoms. The zero-order valence-corrected chi connectivity index (χ0v) is 17.3. The normalized spacial score (nSPS) is 18.8.